The van der Waals surface area contributed by atoms with Gasteiger partial charge in [-0.25, -0.2) is 0 Å². The van der Waals surface area contributed by atoms with E-state index in [0.717, 1.165) is 0 Å². The minimum absolute atomic E-state index is 1.74. The molecule has 0 saturated carbocycles. The fraction of sp³-hybridized carbons (Fsp3) is 1.00. The minimum Gasteiger partial charge on any atom is -0.420 e. The lowest BCUT2D eigenvalue weighted by molar-refractivity contribution is 0.297. The van der Waals surface area contributed by atoms with Crippen LogP contribution in [0.15, 0.2) is 0 Å². The molecule has 1 heterocycles. The van der Waals surface area contributed by atoms with Crippen molar-refractivity contribution in [3.05, 3.63) is 0 Å². The van der Waals surface area contributed by atoms with E-state index in [1.165, 1.54) is 0 Å². The zero-order valence-corrected chi connectivity index (χ0v) is 25.1. The van der Waals surface area contributed by atoms with Crippen LogP contribution < -0.4 is 0 Å². The molecule has 8 nitrogen and oxygen atoms in total. The van der Waals surface area contributed by atoms with Crippen molar-refractivity contribution in [1.29, 1.82) is 0 Å². The molecule has 0 N–H and O–H groups in total. The van der Waals surface area contributed by atoms with Crippen molar-refractivity contribution in [3.8, 4) is 0 Å². The first-order chi connectivity index (χ1) is 11.2. The molecule has 0 radical (unpaired) electrons. The maximum absolute atomic E-state index is 5.99. The predicted octanol–water partition coefficient (Wildman–Crippen LogP) is -1.06. The number of rotatable bonds is 0. The Balaban J connectivity index is 2.68. The third-order valence-corrected chi connectivity index (χ3v) is 27.6. The van der Waals surface area contributed by atoms with E-state index in [1.807, 2.05) is 52.4 Å². The van der Waals surface area contributed by atoms with Crippen molar-refractivity contribution in [3.63, 3.8) is 0 Å². The lowest BCUT2D eigenvalue weighted by Crippen LogP contribution is -2.44. The van der Waals surface area contributed by atoms with Gasteiger partial charge in [-0.1, -0.05) is 0 Å². The van der Waals surface area contributed by atoms with Crippen LogP contribution in [0.25, 0.3) is 0 Å². The molecule has 16 heteroatoms. The Morgan fingerprint density at radius 1 is 0.250 bits per heavy atom. The van der Waals surface area contributed by atoms with E-state index in [4.69, 9.17) is 32.9 Å². The van der Waals surface area contributed by atoms with Gasteiger partial charge in [0.15, 0.2) is 0 Å². The van der Waals surface area contributed by atoms with Gasteiger partial charge in [0, 0.05) is 0 Å². The van der Waals surface area contributed by atoms with E-state index in [9.17, 15) is 0 Å². The standard InChI is InChI=1S/C8H32O8Si8/c1-17-9-18(2)11-20(4)13-22(6)15-24(8)16-23(7)14-21(5)12-19(3)10-17/h17-24H,1-8H3. The van der Waals surface area contributed by atoms with E-state index in [1.54, 1.807) is 0 Å². The largest absolute Gasteiger partial charge is 0.420 e. The second kappa shape index (κ2) is 12.0. The fourth-order valence-electron chi connectivity index (χ4n) is 2.42. The molecule has 1 saturated heterocycles. The second-order valence-corrected chi connectivity index (χ2v) is 23.4. The van der Waals surface area contributed by atoms with E-state index >= 15 is 0 Å². The summed E-state index contributed by atoms with van der Waals surface area (Å²) in [7, 11) is -13.9. The summed E-state index contributed by atoms with van der Waals surface area (Å²) < 4.78 is 47.9. The zero-order chi connectivity index (χ0) is 18.3. The first-order valence-electron chi connectivity index (χ1n) is 8.39. The van der Waals surface area contributed by atoms with Crippen molar-refractivity contribution in [2.75, 3.05) is 0 Å². The Bertz CT molecular complexity index is 246. The highest BCUT2D eigenvalue weighted by molar-refractivity contribution is 6.73. The number of hydrogen-bond donors (Lipinski definition) is 0. The van der Waals surface area contributed by atoms with E-state index in [2.05, 4.69) is 0 Å². The SMILES string of the molecule is C[SiH]1O[SiH](C)O[SiH](C)O[SiH](C)O[SiH](C)O[SiH](C)O[SiH](C)O[SiH](C)O1. The molecule has 0 bridgehead atoms. The predicted molar refractivity (Wildman–Crippen MR) is 113 cm³/mol. The van der Waals surface area contributed by atoms with Crippen LogP contribution in [0.3, 0.4) is 0 Å². The monoisotopic (exact) mass is 480 g/mol. The molecule has 0 unspecified atom stereocenters. The van der Waals surface area contributed by atoms with Crippen molar-refractivity contribution in [2.24, 2.45) is 0 Å². The molecule has 0 amide bonds. The van der Waals surface area contributed by atoms with Gasteiger partial charge in [-0.15, -0.1) is 0 Å². The summed E-state index contributed by atoms with van der Waals surface area (Å²) in [4.78, 5) is 0. The van der Waals surface area contributed by atoms with Gasteiger partial charge >= 0.3 is 0 Å². The molecule has 1 rings (SSSR count). The molecule has 0 aromatic rings. The molecule has 0 aromatic carbocycles. The van der Waals surface area contributed by atoms with Crippen LogP contribution in [0.1, 0.15) is 0 Å². The topological polar surface area (TPSA) is 73.8 Å². The fourth-order valence-corrected chi connectivity index (χ4v) is 26.4. The molecule has 24 heavy (non-hydrogen) atoms. The first-order valence-corrected chi connectivity index (χ1v) is 25.2. The Kier molecular flexibility index (Phi) is 11.7. The van der Waals surface area contributed by atoms with Crippen LogP contribution >= 0.6 is 0 Å². The van der Waals surface area contributed by atoms with Crippen LogP contribution in [-0.2, 0) is 32.9 Å². The van der Waals surface area contributed by atoms with E-state index in [0.29, 0.717) is 0 Å². The highest BCUT2D eigenvalue weighted by atomic mass is 28.5. The lowest BCUT2D eigenvalue weighted by Gasteiger charge is -2.28. The Hall–Kier alpha value is 1.42. The summed E-state index contributed by atoms with van der Waals surface area (Å²) in [6.45, 7) is 16.2. The van der Waals surface area contributed by atoms with Gasteiger partial charge in [0.05, 0.1) is 0 Å². The molecular weight excluding hydrogens is 449 g/mol. The van der Waals surface area contributed by atoms with Crippen LogP contribution in [0, 0.1) is 0 Å². The third kappa shape index (κ3) is 10.5. The maximum atomic E-state index is 5.99. The van der Waals surface area contributed by atoms with Crippen molar-refractivity contribution < 1.29 is 32.9 Å². The quantitative estimate of drug-likeness (QED) is 0.406. The van der Waals surface area contributed by atoms with Gasteiger partial charge in [0.1, 0.15) is 0 Å². The molecule has 0 atom stereocenters. The third-order valence-electron chi connectivity index (χ3n) is 3.07. The summed E-state index contributed by atoms with van der Waals surface area (Å²) in [5, 5.41) is 0. The van der Waals surface area contributed by atoms with Crippen molar-refractivity contribution in [1.82, 2.24) is 0 Å². The van der Waals surface area contributed by atoms with Crippen molar-refractivity contribution >= 4 is 74.3 Å². The summed E-state index contributed by atoms with van der Waals surface area (Å²) in [6.07, 6.45) is 0. The molecule has 0 spiro atoms. The molecule has 0 aliphatic carbocycles. The molecule has 1 fully saturated rings. The van der Waals surface area contributed by atoms with Gasteiger partial charge in [-0.2, -0.15) is 0 Å². The molecule has 144 valence electrons. The van der Waals surface area contributed by atoms with Gasteiger partial charge in [0.25, 0.3) is 74.3 Å². The van der Waals surface area contributed by atoms with E-state index < -0.39 is 74.3 Å². The Morgan fingerprint density at radius 3 is 0.417 bits per heavy atom. The summed E-state index contributed by atoms with van der Waals surface area (Å²) in [6, 6.07) is 0. The van der Waals surface area contributed by atoms with Crippen LogP contribution in [0.4, 0.5) is 0 Å². The average Bonchev–Trinajstić information content (AvgIpc) is 2.34. The minimum atomic E-state index is -1.74. The van der Waals surface area contributed by atoms with Crippen LogP contribution in [-0.4, -0.2) is 74.3 Å². The van der Waals surface area contributed by atoms with Gasteiger partial charge < -0.3 is 32.9 Å². The summed E-state index contributed by atoms with van der Waals surface area (Å²) >= 11 is 0. The molecule has 1 aliphatic rings. The molecular formula is C8H32O8Si8. The highest BCUT2D eigenvalue weighted by Gasteiger charge is 2.26. The second-order valence-electron chi connectivity index (χ2n) is 5.63. The highest BCUT2D eigenvalue weighted by Crippen LogP contribution is 2.07. The van der Waals surface area contributed by atoms with Gasteiger partial charge in [-0.3, -0.25) is 0 Å². The van der Waals surface area contributed by atoms with Gasteiger partial charge in [0.2, 0.25) is 0 Å². The van der Waals surface area contributed by atoms with E-state index in [-0.39, 0.29) is 0 Å². The maximum Gasteiger partial charge on any atom is 0.300 e. The van der Waals surface area contributed by atoms with Gasteiger partial charge in [-0.05, 0) is 52.4 Å². The summed E-state index contributed by atoms with van der Waals surface area (Å²) in [5.74, 6) is 0. The normalized spacial score (nSPS) is 45.0. The molecule has 0 aromatic heterocycles. The van der Waals surface area contributed by atoms with Crippen LogP contribution in [0.2, 0.25) is 52.4 Å². The average molecular weight is 481 g/mol. The van der Waals surface area contributed by atoms with Crippen LogP contribution in [0.5, 0.6) is 0 Å². The Morgan fingerprint density at radius 2 is 0.333 bits per heavy atom. The zero-order valence-electron chi connectivity index (χ0n) is 15.9. The smallest absolute Gasteiger partial charge is 0.300 e. The van der Waals surface area contributed by atoms with Crippen molar-refractivity contribution in [2.45, 2.75) is 52.4 Å². The number of hydrogen-bond acceptors (Lipinski definition) is 8. The first kappa shape index (κ1) is 23.5. The Labute approximate surface area is 159 Å². The lowest BCUT2D eigenvalue weighted by atomic mass is 11.9. The summed E-state index contributed by atoms with van der Waals surface area (Å²) in [5.41, 5.74) is 0. The molecule has 1 aliphatic heterocycles.